The van der Waals surface area contributed by atoms with E-state index in [1.165, 1.54) is 27.5 Å². The van der Waals surface area contributed by atoms with Crippen LogP contribution in [0.5, 0.6) is 5.75 Å². The molecule has 2 aliphatic carbocycles. The van der Waals surface area contributed by atoms with Crippen molar-refractivity contribution < 1.29 is 9.90 Å². The van der Waals surface area contributed by atoms with Crippen molar-refractivity contribution in [2.45, 2.75) is 18.8 Å². The van der Waals surface area contributed by atoms with Gasteiger partial charge in [0.1, 0.15) is 5.75 Å². The molecule has 0 radical (unpaired) electrons. The fraction of sp³-hybridized carbons (Fsp3) is 0.150. The van der Waals surface area contributed by atoms with E-state index in [9.17, 15) is 9.90 Å². The van der Waals surface area contributed by atoms with Crippen LogP contribution in [0.15, 0.2) is 48.5 Å². The summed E-state index contributed by atoms with van der Waals surface area (Å²) in [6.07, 6.45) is 3.41. The molecular formula is C20H14O2. The van der Waals surface area contributed by atoms with Gasteiger partial charge in [-0.05, 0) is 51.4 Å². The molecule has 3 aromatic rings. The van der Waals surface area contributed by atoms with E-state index in [-0.39, 0.29) is 5.78 Å². The van der Waals surface area contributed by atoms with Crippen LogP contribution < -0.4 is 0 Å². The lowest BCUT2D eigenvalue weighted by Gasteiger charge is -2.37. The highest BCUT2D eigenvalue weighted by Crippen LogP contribution is 2.53. The van der Waals surface area contributed by atoms with Gasteiger partial charge in [0.2, 0.25) is 0 Å². The third-order valence-corrected chi connectivity index (χ3v) is 5.11. The van der Waals surface area contributed by atoms with Crippen LogP contribution in [0.2, 0.25) is 0 Å². The van der Waals surface area contributed by atoms with Crippen LogP contribution in [0, 0.1) is 0 Å². The SMILES string of the molecule is O=C1C=C2c3ccc4c(ccc5c(O)cccc54)c3C2CC1. The minimum absolute atomic E-state index is 0.250. The third-order valence-electron chi connectivity index (χ3n) is 5.11. The molecule has 106 valence electrons. The molecule has 2 aliphatic rings. The monoisotopic (exact) mass is 286 g/mol. The van der Waals surface area contributed by atoms with Gasteiger partial charge < -0.3 is 5.11 Å². The Kier molecular flexibility index (Phi) is 2.17. The molecule has 0 heterocycles. The molecule has 0 aliphatic heterocycles. The van der Waals surface area contributed by atoms with E-state index >= 15 is 0 Å². The number of ketones is 1. The zero-order chi connectivity index (χ0) is 14.8. The number of benzene rings is 3. The molecule has 5 rings (SSSR count). The molecule has 1 unspecified atom stereocenters. The summed E-state index contributed by atoms with van der Waals surface area (Å²) in [4.78, 5) is 11.6. The second kappa shape index (κ2) is 3.98. The van der Waals surface area contributed by atoms with Gasteiger partial charge in [-0.15, -0.1) is 0 Å². The molecule has 2 nitrogen and oxygen atoms in total. The van der Waals surface area contributed by atoms with E-state index in [2.05, 4.69) is 24.3 Å². The molecule has 1 atom stereocenters. The molecule has 1 N–H and O–H groups in total. The molecular weight excluding hydrogens is 272 g/mol. The Labute approximate surface area is 127 Å². The number of aromatic hydroxyl groups is 1. The topological polar surface area (TPSA) is 37.3 Å². The lowest BCUT2D eigenvalue weighted by molar-refractivity contribution is -0.115. The number of carbonyl (C=O) groups excluding carboxylic acids is 1. The first-order valence-electron chi connectivity index (χ1n) is 7.66. The van der Waals surface area contributed by atoms with Gasteiger partial charge in [-0.2, -0.15) is 0 Å². The third kappa shape index (κ3) is 1.37. The summed E-state index contributed by atoms with van der Waals surface area (Å²) in [5, 5.41) is 14.5. The molecule has 0 fully saturated rings. The zero-order valence-electron chi connectivity index (χ0n) is 12.0. The lowest BCUT2D eigenvalue weighted by atomic mass is 9.66. The Morgan fingerprint density at radius 3 is 2.59 bits per heavy atom. The Balaban J connectivity index is 1.87. The van der Waals surface area contributed by atoms with Crippen molar-refractivity contribution in [1.82, 2.24) is 0 Å². The van der Waals surface area contributed by atoms with Crippen LogP contribution in [-0.2, 0) is 4.79 Å². The van der Waals surface area contributed by atoms with Gasteiger partial charge in [0.15, 0.2) is 5.78 Å². The van der Waals surface area contributed by atoms with E-state index in [1.807, 2.05) is 18.2 Å². The van der Waals surface area contributed by atoms with Crippen LogP contribution in [0.4, 0.5) is 0 Å². The van der Waals surface area contributed by atoms with Crippen molar-refractivity contribution in [3.8, 4) is 5.75 Å². The van der Waals surface area contributed by atoms with Crippen molar-refractivity contribution in [2.75, 3.05) is 0 Å². The zero-order valence-corrected chi connectivity index (χ0v) is 12.0. The molecule has 0 aromatic heterocycles. The summed E-state index contributed by atoms with van der Waals surface area (Å²) in [6, 6.07) is 14.0. The van der Waals surface area contributed by atoms with Gasteiger partial charge in [0, 0.05) is 17.7 Å². The summed E-state index contributed by atoms with van der Waals surface area (Å²) >= 11 is 0. The van der Waals surface area contributed by atoms with Crippen molar-refractivity contribution >= 4 is 32.9 Å². The van der Waals surface area contributed by atoms with E-state index in [1.54, 1.807) is 6.07 Å². The standard InChI is InChI=1S/C20H14O2/c21-11-4-5-16-18(10-11)17-8-6-13-12-2-1-3-19(22)14(12)7-9-15(13)20(16)17/h1-3,6-10,16,22H,4-5H2. The Bertz CT molecular complexity index is 1010. The molecule has 22 heavy (non-hydrogen) atoms. The minimum Gasteiger partial charge on any atom is -0.507 e. The number of carbonyl (C=O) groups is 1. The van der Waals surface area contributed by atoms with E-state index in [0.29, 0.717) is 18.1 Å². The first-order valence-corrected chi connectivity index (χ1v) is 7.66. The quantitative estimate of drug-likeness (QED) is 0.616. The maximum Gasteiger partial charge on any atom is 0.156 e. The smallest absolute Gasteiger partial charge is 0.156 e. The molecule has 0 bridgehead atoms. The summed E-state index contributed by atoms with van der Waals surface area (Å²) in [7, 11) is 0. The summed E-state index contributed by atoms with van der Waals surface area (Å²) < 4.78 is 0. The van der Waals surface area contributed by atoms with Gasteiger partial charge in [-0.3, -0.25) is 4.79 Å². The highest BCUT2D eigenvalue weighted by molar-refractivity contribution is 6.14. The normalized spacial score (nSPS) is 19.5. The number of rotatable bonds is 0. The van der Waals surface area contributed by atoms with Crippen LogP contribution in [0.25, 0.3) is 27.1 Å². The average Bonchev–Trinajstić information content (AvgIpc) is 2.52. The lowest BCUT2D eigenvalue weighted by Crippen LogP contribution is -2.22. The maximum absolute atomic E-state index is 11.6. The van der Waals surface area contributed by atoms with Crippen LogP contribution in [0.3, 0.4) is 0 Å². The number of hydrogen-bond donors (Lipinski definition) is 1. The summed E-state index contributed by atoms with van der Waals surface area (Å²) in [6.45, 7) is 0. The molecule has 2 heteroatoms. The number of phenols is 1. The Morgan fingerprint density at radius 1 is 0.909 bits per heavy atom. The number of hydrogen-bond acceptors (Lipinski definition) is 2. The number of allylic oxidation sites excluding steroid dienone is 2. The minimum atomic E-state index is 0.250. The van der Waals surface area contributed by atoms with Gasteiger partial charge >= 0.3 is 0 Å². The predicted octanol–water partition coefficient (Wildman–Crippen LogP) is 4.54. The Morgan fingerprint density at radius 2 is 1.68 bits per heavy atom. The summed E-state index contributed by atoms with van der Waals surface area (Å²) in [5.41, 5.74) is 3.82. The van der Waals surface area contributed by atoms with Crippen molar-refractivity contribution in [1.29, 1.82) is 0 Å². The molecule has 0 saturated heterocycles. The van der Waals surface area contributed by atoms with Gasteiger partial charge in [0.05, 0.1) is 0 Å². The van der Waals surface area contributed by atoms with Crippen LogP contribution in [-0.4, -0.2) is 10.9 Å². The molecule has 0 saturated carbocycles. The fourth-order valence-corrected chi connectivity index (χ4v) is 4.08. The first kappa shape index (κ1) is 12.0. The van der Waals surface area contributed by atoms with E-state index < -0.39 is 0 Å². The van der Waals surface area contributed by atoms with Crippen molar-refractivity contribution in [2.24, 2.45) is 0 Å². The largest absolute Gasteiger partial charge is 0.507 e. The molecule has 0 amide bonds. The van der Waals surface area contributed by atoms with Crippen LogP contribution in [0.1, 0.15) is 29.9 Å². The van der Waals surface area contributed by atoms with Crippen LogP contribution >= 0.6 is 0 Å². The fourth-order valence-electron chi connectivity index (χ4n) is 4.08. The number of phenolic OH excluding ortho intramolecular Hbond substituents is 1. The van der Waals surface area contributed by atoms with E-state index in [0.717, 1.165) is 17.2 Å². The average molecular weight is 286 g/mol. The van der Waals surface area contributed by atoms with Gasteiger partial charge in [0.25, 0.3) is 0 Å². The molecule has 0 spiro atoms. The Hall–Kier alpha value is -2.61. The van der Waals surface area contributed by atoms with Crippen molar-refractivity contribution in [3.63, 3.8) is 0 Å². The van der Waals surface area contributed by atoms with E-state index in [4.69, 9.17) is 0 Å². The predicted molar refractivity (Wildman–Crippen MR) is 88.1 cm³/mol. The first-order chi connectivity index (χ1) is 10.7. The maximum atomic E-state index is 11.6. The molecule has 3 aromatic carbocycles. The summed E-state index contributed by atoms with van der Waals surface area (Å²) in [5.74, 6) is 0.984. The number of fused-ring (bicyclic) bond motifs is 8. The van der Waals surface area contributed by atoms with Gasteiger partial charge in [-0.25, -0.2) is 0 Å². The van der Waals surface area contributed by atoms with Gasteiger partial charge in [-0.1, -0.05) is 36.4 Å². The second-order valence-electron chi connectivity index (χ2n) is 6.22. The van der Waals surface area contributed by atoms with Crippen molar-refractivity contribution in [3.05, 3.63) is 59.7 Å². The highest BCUT2D eigenvalue weighted by Gasteiger charge is 2.36. The highest BCUT2D eigenvalue weighted by atomic mass is 16.3. The second-order valence-corrected chi connectivity index (χ2v) is 6.22.